The van der Waals surface area contributed by atoms with Crippen LogP contribution in [0.5, 0.6) is 0 Å². The molecule has 0 spiro atoms. The molecular weight excluding hydrogens is 220 g/mol. The third-order valence-electron chi connectivity index (χ3n) is 3.59. The molecule has 0 aliphatic carbocycles. The third kappa shape index (κ3) is 6.13. The molecule has 0 fully saturated rings. The van der Waals surface area contributed by atoms with Gasteiger partial charge in [0, 0.05) is 17.8 Å². The first-order valence-corrected chi connectivity index (χ1v) is 7.64. The zero-order chi connectivity index (χ0) is 13.1. The highest BCUT2D eigenvalue weighted by atomic mass is 14.8. The van der Waals surface area contributed by atoms with E-state index in [1.165, 1.54) is 63.5 Å². The van der Waals surface area contributed by atoms with Crippen LogP contribution in [-0.4, -0.2) is 9.97 Å². The molecule has 0 aliphatic heterocycles. The molecule has 0 bridgehead atoms. The first kappa shape index (κ1) is 15.1. The molecule has 1 aromatic rings. The molecule has 18 heavy (non-hydrogen) atoms. The smallest absolute Gasteiger partial charge is 0.115 e. The molecule has 1 atom stereocenters. The standard InChI is InChI=1S/C16H28N2/c1-3-5-7-9-11-15(10-8-6-4-2)16-12-13-17-14-18-16/h12-15H,3-11H2,1-2H3. The quantitative estimate of drug-likeness (QED) is 0.538. The Morgan fingerprint density at radius 2 is 1.61 bits per heavy atom. The summed E-state index contributed by atoms with van der Waals surface area (Å²) in [5, 5.41) is 0. The van der Waals surface area contributed by atoms with Gasteiger partial charge in [0.25, 0.3) is 0 Å². The van der Waals surface area contributed by atoms with Crippen molar-refractivity contribution in [2.75, 3.05) is 0 Å². The Labute approximate surface area is 112 Å². The van der Waals surface area contributed by atoms with E-state index in [4.69, 9.17) is 0 Å². The molecule has 2 nitrogen and oxygen atoms in total. The van der Waals surface area contributed by atoms with E-state index in [1.807, 2.05) is 6.20 Å². The molecule has 1 heterocycles. The van der Waals surface area contributed by atoms with Crippen LogP contribution < -0.4 is 0 Å². The molecule has 1 unspecified atom stereocenters. The maximum atomic E-state index is 4.45. The Morgan fingerprint density at radius 3 is 2.22 bits per heavy atom. The van der Waals surface area contributed by atoms with Crippen LogP contribution >= 0.6 is 0 Å². The van der Waals surface area contributed by atoms with Gasteiger partial charge in [0.15, 0.2) is 0 Å². The van der Waals surface area contributed by atoms with Crippen molar-refractivity contribution in [2.24, 2.45) is 0 Å². The highest BCUT2D eigenvalue weighted by molar-refractivity contribution is 5.05. The number of hydrogen-bond acceptors (Lipinski definition) is 2. The molecule has 1 rings (SSSR count). The van der Waals surface area contributed by atoms with E-state index in [0.29, 0.717) is 5.92 Å². The number of aromatic nitrogens is 2. The summed E-state index contributed by atoms with van der Waals surface area (Å²) in [6.07, 6.45) is 15.5. The normalized spacial score (nSPS) is 12.6. The largest absolute Gasteiger partial charge is 0.245 e. The minimum Gasteiger partial charge on any atom is -0.245 e. The van der Waals surface area contributed by atoms with E-state index in [1.54, 1.807) is 6.33 Å². The van der Waals surface area contributed by atoms with E-state index in [-0.39, 0.29) is 0 Å². The van der Waals surface area contributed by atoms with Crippen molar-refractivity contribution in [2.45, 2.75) is 77.6 Å². The molecule has 0 saturated carbocycles. The molecule has 1 aromatic heterocycles. The van der Waals surface area contributed by atoms with Gasteiger partial charge in [-0.05, 0) is 18.9 Å². The first-order chi connectivity index (χ1) is 8.88. The third-order valence-corrected chi connectivity index (χ3v) is 3.59. The lowest BCUT2D eigenvalue weighted by molar-refractivity contribution is 0.492. The highest BCUT2D eigenvalue weighted by Gasteiger charge is 2.12. The number of unbranched alkanes of at least 4 members (excludes halogenated alkanes) is 5. The van der Waals surface area contributed by atoms with Crippen molar-refractivity contribution >= 4 is 0 Å². The van der Waals surface area contributed by atoms with E-state index in [9.17, 15) is 0 Å². The number of nitrogens with zero attached hydrogens (tertiary/aromatic N) is 2. The molecule has 0 aliphatic rings. The molecule has 0 aromatic carbocycles. The summed E-state index contributed by atoms with van der Waals surface area (Å²) < 4.78 is 0. The van der Waals surface area contributed by atoms with E-state index in [2.05, 4.69) is 29.9 Å². The van der Waals surface area contributed by atoms with Crippen molar-refractivity contribution in [1.29, 1.82) is 0 Å². The van der Waals surface area contributed by atoms with Gasteiger partial charge >= 0.3 is 0 Å². The second-order valence-electron chi connectivity index (χ2n) is 5.18. The number of rotatable bonds is 10. The highest BCUT2D eigenvalue weighted by Crippen LogP contribution is 2.26. The summed E-state index contributed by atoms with van der Waals surface area (Å²) >= 11 is 0. The number of hydrogen-bond donors (Lipinski definition) is 0. The molecule has 0 amide bonds. The summed E-state index contributed by atoms with van der Waals surface area (Å²) in [5.41, 5.74) is 1.25. The maximum Gasteiger partial charge on any atom is 0.115 e. The fourth-order valence-corrected chi connectivity index (χ4v) is 2.44. The zero-order valence-electron chi connectivity index (χ0n) is 12.1. The predicted molar refractivity (Wildman–Crippen MR) is 77.7 cm³/mol. The first-order valence-electron chi connectivity index (χ1n) is 7.64. The Morgan fingerprint density at radius 1 is 0.944 bits per heavy atom. The van der Waals surface area contributed by atoms with Crippen LogP contribution in [0.1, 0.15) is 83.2 Å². The van der Waals surface area contributed by atoms with Gasteiger partial charge in [-0.2, -0.15) is 0 Å². The van der Waals surface area contributed by atoms with E-state index < -0.39 is 0 Å². The van der Waals surface area contributed by atoms with E-state index >= 15 is 0 Å². The average molecular weight is 248 g/mol. The Hall–Kier alpha value is -0.920. The molecule has 102 valence electrons. The Balaban J connectivity index is 2.42. The second-order valence-corrected chi connectivity index (χ2v) is 5.18. The second kappa shape index (κ2) is 10.0. The Bertz CT molecular complexity index is 284. The lowest BCUT2D eigenvalue weighted by Crippen LogP contribution is -2.02. The zero-order valence-corrected chi connectivity index (χ0v) is 12.1. The molecule has 0 N–H and O–H groups in total. The summed E-state index contributed by atoms with van der Waals surface area (Å²) in [6, 6.07) is 2.09. The SMILES string of the molecule is CCCCCCC(CCCCC)c1ccncn1. The van der Waals surface area contributed by atoms with Crippen molar-refractivity contribution < 1.29 is 0 Å². The predicted octanol–water partition coefficient (Wildman–Crippen LogP) is 5.11. The van der Waals surface area contributed by atoms with Crippen LogP contribution in [0, 0.1) is 0 Å². The minimum absolute atomic E-state index is 0.649. The van der Waals surface area contributed by atoms with Crippen LogP contribution in [-0.2, 0) is 0 Å². The topological polar surface area (TPSA) is 25.8 Å². The fraction of sp³-hybridized carbons (Fsp3) is 0.750. The molecule has 0 saturated heterocycles. The van der Waals surface area contributed by atoms with Crippen LogP contribution in [0.4, 0.5) is 0 Å². The van der Waals surface area contributed by atoms with Crippen LogP contribution in [0.2, 0.25) is 0 Å². The average Bonchev–Trinajstić information content (AvgIpc) is 2.42. The maximum absolute atomic E-state index is 4.45. The lowest BCUT2D eigenvalue weighted by atomic mass is 9.92. The Kier molecular flexibility index (Phi) is 8.45. The summed E-state index contributed by atoms with van der Waals surface area (Å²) in [7, 11) is 0. The van der Waals surface area contributed by atoms with Crippen molar-refractivity contribution in [3.8, 4) is 0 Å². The van der Waals surface area contributed by atoms with Crippen LogP contribution in [0.3, 0.4) is 0 Å². The monoisotopic (exact) mass is 248 g/mol. The van der Waals surface area contributed by atoms with Gasteiger partial charge in [0.2, 0.25) is 0 Å². The van der Waals surface area contributed by atoms with Crippen LogP contribution in [0.15, 0.2) is 18.6 Å². The molecule has 2 heteroatoms. The van der Waals surface area contributed by atoms with Gasteiger partial charge in [-0.25, -0.2) is 9.97 Å². The summed E-state index contributed by atoms with van der Waals surface area (Å²) in [6.45, 7) is 4.53. The van der Waals surface area contributed by atoms with E-state index in [0.717, 1.165) is 0 Å². The molecular formula is C16H28N2. The molecule has 0 radical (unpaired) electrons. The fourth-order valence-electron chi connectivity index (χ4n) is 2.44. The summed E-state index contributed by atoms with van der Waals surface area (Å²) in [4.78, 5) is 8.47. The van der Waals surface area contributed by atoms with Gasteiger partial charge in [-0.1, -0.05) is 58.8 Å². The van der Waals surface area contributed by atoms with Crippen LogP contribution in [0.25, 0.3) is 0 Å². The van der Waals surface area contributed by atoms with Gasteiger partial charge in [0.05, 0.1) is 0 Å². The van der Waals surface area contributed by atoms with Gasteiger partial charge in [-0.3, -0.25) is 0 Å². The van der Waals surface area contributed by atoms with Crippen molar-refractivity contribution in [3.05, 3.63) is 24.3 Å². The van der Waals surface area contributed by atoms with Gasteiger partial charge in [0.1, 0.15) is 6.33 Å². The lowest BCUT2D eigenvalue weighted by Gasteiger charge is -2.16. The summed E-state index contributed by atoms with van der Waals surface area (Å²) in [5.74, 6) is 0.649. The van der Waals surface area contributed by atoms with Gasteiger partial charge in [-0.15, -0.1) is 0 Å². The van der Waals surface area contributed by atoms with Crippen molar-refractivity contribution in [3.63, 3.8) is 0 Å². The van der Waals surface area contributed by atoms with Crippen molar-refractivity contribution in [1.82, 2.24) is 9.97 Å². The minimum atomic E-state index is 0.649. The van der Waals surface area contributed by atoms with Gasteiger partial charge < -0.3 is 0 Å².